The summed E-state index contributed by atoms with van der Waals surface area (Å²) in [6.45, 7) is 1.73. The number of thiazole rings is 1. The quantitative estimate of drug-likeness (QED) is 0.775. The summed E-state index contributed by atoms with van der Waals surface area (Å²) in [7, 11) is -3.88. The number of rotatable bonds is 6. The highest BCUT2D eigenvalue weighted by Gasteiger charge is 2.22. The van der Waals surface area contributed by atoms with E-state index in [1.54, 1.807) is 6.92 Å². The molecule has 0 aliphatic carbocycles. The average Bonchev–Trinajstić information content (AvgIpc) is 2.89. The number of aliphatic carboxylic acids is 1. The van der Waals surface area contributed by atoms with Crippen molar-refractivity contribution in [2.24, 2.45) is 0 Å². The summed E-state index contributed by atoms with van der Waals surface area (Å²) in [6, 6.07) is 3.92. The summed E-state index contributed by atoms with van der Waals surface area (Å²) in [4.78, 5) is 15.5. The molecule has 6 nitrogen and oxygen atoms in total. The van der Waals surface area contributed by atoms with Gasteiger partial charge in [-0.2, -0.15) is 0 Å². The second-order valence-electron chi connectivity index (χ2n) is 4.55. The monoisotopic (exact) mass is 394 g/mol. The van der Waals surface area contributed by atoms with Crippen LogP contribution in [0.1, 0.15) is 24.1 Å². The molecule has 10 heteroatoms. The smallest absolute Gasteiger partial charge is 0.311 e. The van der Waals surface area contributed by atoms with Crippen LogP contribution in [0.2, 0.25) is 10.0 Å². The van der Waals surface area contributed by atoms with Gasteiger partial charge in [-0.3, -0.25) is 9.52 Å². The minimum atomic E-state index is -3.88. The number of carbonyl (C=O) groups is 1. The molecule has 1 atom stereocenters. The number of hydrogen-bond donors (Lipinski definition) is 2. The number of carboxylic acid groups (broad SMARTS) is 1. The summed E-state index contributed by atoms with van der Waals surface area (Å²) in [5, 5.41) is 9.57. The van der Waals surface area contributed by atoms with Gasteiger partial charge in [0.1, 0.15) is 0 Å². The third kappa shape index (κ3) is 4.14. The standard InChI is InChI=1S/C13H12Cl2N2O4S2/c1-2-8(12(18)19)11-6-16-13(22-11)17-23(20,21)7-3-4-9(14)10(15)5-7/h3-6,8H,2H2,1H3,(H,16,17)(H,18,19). The summed E-state index contributed by atoms with van der Waals surface area (Å²) in [6.07, 6.45) is 1.75. The highest BCUT2D eigenvalue weighted by molar-refractivity contribution is 7.93. The number of nitrogens with zero attached hydrogens (tertiary/aromatic N) is 1. The molecule has 0 saturated carbocycles. The van der Waals surface area contributed by atoms with Crippen LogP contribution in [-0.2, 0) is 14.8 Å². The zero-order valence-corrected chi connectivity index (χ0v) is 14.9. The lowest BCUT2D eigenvalue weighted by atomic mass is 10.1. The van der Waals surface area contributed by atoms with Crippen LogP contribution in [0.15, 0.2) is 29.3 Å². The van der Waals surface area contributed by atoms with E-state index >= 15 is 0 Å². The molecule has 0 radical (unpaired) electrons. The second kappa shape index (κ2) is 7.04. The van der Waals surface area contributed by atoms with Crippen LogP contribution in [0.5, 0.6) is 0 Å². The molecule has 0 aliphatic rings. The molecule has 0 aliphatic heterocycles. The third-order valence-corrected chi connectivity index (χ3v) is 6.23. The van der Waals surface area contributed by atoms with Crippen molar-refractivity contribution < 1.29 is 18.3 Å². The second-order valence-corrected chi connectivity index (χ2v) is 8.11. The van der Waals surface area contributed by atoms with Crippen molar-refractivity contribution >= 4 is 55.7 Å². The van der Waals surface area contributed by atoms with Crippen molar-refractivity contribution in [2.75, 3.05) is 4.72 Å². The van der Waals surface area contributed by atoms with Gasteiger partial charge in [-0.15, -0.1) is 11.3 Å². The fraction of sp³-hybridized carbons (Fsp3) is 0.231. The molecule has 124 valence electrons. The molecule has 0 spiro atoms. The fourth-order valence-corrected chi connectivity index (χ4v) is 4.43. The Morgan fingerprint density at radius 2 is 2.09 bits per heavy atom. The fourth-order valence-electron chi connectivity index (χ4n) is 1.81. The van der Waals surface area contributed by atoms with E-state index in [0.29, 0.717) is 11.3 Å². The number of halogens is 2. The number of nitrogens with one attached hydrogen (secondary N) is 1. The molecular formula is C13H12Cl2N2O4S2. The summed E-state index contributed by atoms with van der Waals surface area (Å²) < 4.78 is 26.9. The van der Waals surface area contributed by atoms with Gasteiger partial charge in [0.25, 0.3) is 10.0 Å². The molecule has 2 aromatic rings. The van der Waals surface area contributed by atoms with Crippen LogP contribution in [0, 0.1) is 0 Å². The minimum absolute atomic E-state index is 0.0612. The molecule has 2 rings (SSSR count). The molecule has 23 heavy (non-hydrogen) atoms. The Kier molecular flexibility index (Phi) is 5.51. The molecule has 1 unspecified atom stereocenters. The Morgan fingerprint density at radius 3 is 2.65 bits per heavy atom. The van der Waals surface area contributed by atoms with Crippen LogP contribution < -0.4 is 4.72 Å². The maximum Gasteiger partial charge on any atom is 0.311 e. The van der Waals surface area contributed by atoms with Crippen LogP contribution >= 0.6 is 34.5 Å². The zero-order valence-electron chi connectivity index (χ0n) is 11.8. The molecule has 0 bridgehead atoms. The normalized spacial score (nSPS) is 12.8. The van der Waals surface area contributed by atoms with E-state index in [9.17, 15) is 13.2 Å². The topological polar surface area (TPSA) is 96.4 Å². The van der Waals surface area contributed by atoms with E-state index in [2.05, 4.69) is 9.71 Å². The van der Waals surface area contributed by atoms with Crippen molar-refractivity contribution in [1.82, 2.24) is 4.98 Å². The van der Waals surface area contributed by atoms with Gasteiger partial charge < -0.3 is 5.11 Å². The Labute approximate surface area is 147 Å². The first kappa shape index (κ1) is 18.0. The van der Waals surface area contributed by atoms with Gasteiger partial charge in [-0.25, -0.2) is 13.4 Å². The summed E-state index contributed by atoms with van der Waals surface area (Å²) >= 11 is 12.6. The van der Waals surface area contributed by atoms with E-state index in [1.807, 2.05) is 0 Å². The molecule has 0 amide bonds. The predicted molar refractivity (Wildman–Crippen MR) is 90.1 cm³/mol. The van der Waals surface area contributed by atoms with Crippen LogP contribution in [-0.4, -0.2) is 24.5 Å². The van der Waals surface area contributed by atoms with Gasteiger partial charge in [0.15, 0.2) is 5.13 Å². The number of sulfonamides is 1. The number of hydrogen-bond acceptors (Lipinski definition) is 5. The van der Waals surface area contributed by atoms with E-state index in [-0.39, 0.29) is 20.1 Å². The molecule has 1 aromatic heterocycles. The lowest BCUT2D eigenvalue weighted by Crippen LogP contribution is -2.12. The largest absolute Gasteiger partial charge is 0.481 e. The van der Waals surface area contributed by atoms with Crippen molar-refractivity contribution in [3.63, 3.8) is 0 Å². The molecule has 0 saturated heterocycles. The maximum absolute atomic E-state index is 12.3. The van der Waals surface area contributed by atoms with Crippen molar-refractivity contribution in [3.8, 4) is 0 Å². The lowest BCUT2D eigenvalue weighted by Gasteiger charge is -2.07. The number of carboxylic acids is 1. The number of benzene rings is 1. The zero-order chi connectivity index (χ0) is 17.2. The molecular weight excluding hydrogens is 383 g/mol. The molecule has 1 aromatic carbocycles. The highest BCUT2D eigenvalue weighted by Crippen LogP contribution is 2.30. The molecule has 1 heterocycles. The van der Waals surface area contributed by atoms with Gasteiger partial charge >= 0.3 is 5.97 Å². The van der Waals surface area contributed by atoms with E-state index in [0.717, 1.165) is 11.3 Å². The van der Waals surface area contributed by atoms with Crippen molar-refractivity contribution in [3.05, 3.63) is 39.3 Å². The summed E-state index contributed by atoms with van der Waals surface area (Å²) in [5.74, 6) is -1.69. The van der Waals surface area contributed by atoms with E-state index in [4.69, 9.17) is 28.3 Å². The molecule has 0 fully saturated rings. The Morgan fingerprint density at radius 1 is 1.39 bits per heavy atom. The van der Waals surface area contributed by atoms with Gasteiger partial charge in [0.2, 0.25) is 0 Å². The lowest BCUT2D eigenvalue weighted by molar-refractivity contribution is -0.138. The van der Waals surface area contributed by atoms with Gasteiger partial charge in [-0.1, -0.05) is 30.1 Å². The first-order valence-corrected chi connectivity index (χ1v) is 9.46. The Bertz CT molecular complexity index is 836. The first-order valence-electron chi connectivity index (χ1n) is 6.41. The van der Waals surface area contributed by atoms with Crippen LogP contribution in [0.25, 0.3) is 0 Å². The SMILES string of the molecule is CCC(C(=O)O)c1cnc(NS(=O)(=O)c2ccc(Cl)c(Cl)c2)s1. The maximum atomic E-state index is 12.3. The van der Waals surface area contributed by atoms with Crippen LogP contribution in [0.3, 0.4) is 0 Å². The average molecular weight is 395 g/mol. The Balaban J connectivity index is 2.26. The van der Waals surface area contributed by atoms with E-state index in [1.165, 1.54) is 24.4 Å². The van der Waals surface area contributed by atoms with Crippen molar-refractivity contribution in [2.45, 2.75) is 24.2 Å². The summed E-state index contributed by atoms with van der Waals surface area (Å²) in [5.41, 5.74) is 0. The van der Waals surface area contributed by atoms with Gasteiger partial charge in [0.05, 0.1) is 20.9 Å². The first-order chi connectivity index (χ1) is 10.7. The Hall–Kier alpha value is -1.35. The van der Waals surface area contributed by atoms with Crippen LogP contribution in [0.4, 0.5) is 5.13 Å². The van der Waals surface area contributed by atoms with Crippen molar-refractivity contribution in [1.29, 1.82) is 0 Å². The van der Waals surface area contributed by atoms with Gasteiger partial charge in [-0.05, 0) is 24.6 Å². The third-order valence-electron chi connectivity index (χ3n) is 3.00. The van der Waals surface area contributed by atoms with Gasteiger partial charge in [0, 0.05) is 11.1 Å². The van der Waals surface area contributed by atoms with E-state index < -0.39 is 21.9 Å². The number of anilines is 1. The number of aromatic nitrogens is 1. The highest BCUT2D eigenvalue weighted by atomic mass is 35.5. The predicted octanol–water partition coefficient (Wildman–Crippen LogP) is 3.83. The minimum Gasteiger partial charge on any atom is -0.481 e. The molecule has 2 N–H and O–H groups in total.